The van der Waals surface area contributed by atoms with Gasteiger partial charge in [-0.15, -0.1) is 6.58 Å². The summed E-state index contributed by atoms with van der Waals surface area (Å²) in [6, 6.07) is 0. The quantitative estimate of drug-likeness (QED) is 0.404. The lowest BCUT2D eigenvalue weighted by Crippen LogP contribution is -2.04. The number of esters is 2. The fourth-order valence-electron chi connectivity index (χ4n) is 1.46. The molecule has 1 aliphatic heterocycles. The Kier molecular flexibility index (Phi) is 3.83. The van der Waals surface area contributed by atoms with Gasteiger partial charge in [-0.1, -0.05) is 17.2 Å². The third kappa shape index (κ3) is 3.70. The van der Waals surface area contributed by atoms with Crippen molar-refractivity contribution in [3.05, 3.63) is 23.8 Å². The number of cyclic esters (lactones) is 2. The van der Waals surface area contributed by atoms with E-state index in [9.17, 15) is 9.59 Å². The van der Waals surface area contributed by atoms with Crippen LogP contribution in [0.4, 0.5) is 0 Å². The van der Waals surface area contributed by atoms with Crippen LogP contribution in [0, 0.1) is 5.92 Å². The number of carbonyl (C=O) groups is 2. The van der Waals surface area contributed by atoms with Crippen molar-refractivity contribution in [3.63, 3.8) is 0 Å². The Labute approximate surface area is 89.8 Å². The molecule has 1 unspecified atom stereocenters. The van der Waals surface area contributed by atoms with Crippen molar-refractivity contribution in [2.45, 2.75) is 33.1 Å². The third-order valence-electron chi connectivity index (χ3n) is 2.34. The molecule has 1 aliphatic rings. The molecule has 1 fully saturated rings. The molecule has 3 nitrogen and oxygen atoms in total. The summed E-state index contributed by atoms with van der Waals surface area (Å²) in [6.07, 6.45) is 3.81. The molecule has 0 N–H and O–H groups in total. The number of allylic oxidation sites excluding steroid dienone is 2. The highest BCUT2D eigenvalue weighted by atomic mass is 16.6. The Balaban J connectivity index is 2.51. The van der Waals surface area contributed by atoms with Crippen LogP contribution in [-0.2, 0) is 14.3 Å². The van der Waals surface area contributed by atoms with Crippen molar-refractivity contribution in [1.82, 2.24) is 0 Å². The van der Waals surface area contributed by atoms with Gasteiger partial charge in [0.15, 0.2) is 0 Å². The van der Waals surface area contributed by atoms with Gasteiger partial charge in [-0.25, -0.2) is 0 Å². The second-order valence-electron chi connectivity index (χ2n) is 4.07. The van der Waals surface area contributed by atoms with Crippen LogP contribution in [0.1, 0.15) is 33.1 Å². The first-order valence-electron chi connectivity index (χ1n) is 5.05. The summed E-state index contributed by atoms with van der Waals surface area (Å²) in [5.74, 6) is -1.22. The molecular formula is C12H16O3. The zero-order chi connectivity index (χ0) is 11.4. The van der Waals surface area contributed by atoms with E-state index in [0.717, 1.165) is 24.0 Å². The Morgan fingerprint density at radius 3 is 2.60 bits per heavy atom. The second-order valence-corrected chi connectivity index (χ2v) is 4.07. The maximum Gasteiger partial charge on any atom is 0.321 e. The highest BCUT2D eigenvalue weighted by Crippen LogP contribution is 2.20. The normalized spacial score (nSPS) is 21.7. The Morgan fingerprint density at radius 1 is 1.47 bits per heavy atom. The standard InChI is InChI=1S/C12H16O3/c1-8(2)4-5-9(3)6-10-7-11(13)15-12(10)14/h6,10H,1,4-5,7H2,2-3H3. The van der Waals surface area contributed by atoms with Crippen LogP contribution in [0.25, 0.3) is 0 Å². The van der Waals surface area contributed by atoms with Crippen molar-refractivity contribution in [3.8, 4) is 0 Å². The lowest BCUT2D eigenvalue weighted by molar-refractivity contribution is -0.152. The van der Waals surface area contributed by atoms with Crippen molar-refractivity contribution >= 4 is 11.9 Å². The third-order valence-corrected chi connectivity index (χ3v) is 2.34. The minimum Gasteiger partial charge on any atom is -0.393 e. The first-order valence-corrected chi connectivity index (χ1v) is 5.05. The maximum absolute atomic E-state index is 11.2. The second kappa shape index (κ2) is 4.91. The lowest BCUT2D eigenvalue weighted by atomic mass is 10.0. The number of carbonyl (C=O) groups excluding carboxylic acids is 2. The van der Waals surface area contributed by atoms with E-state index in [1.54, 1.807) is 0 Å². The van der Waals surface area contributed by atoms with E-state index in [1.165, 1.54) is 0 Å². The molecule has 0 bridgehead atoms. The monoisotopic (exact) mass is 208 g/mol. The van der Waals surface area contributed by atoms with Crippen LogP contribution in [0.3, 0.4) is 0 Å². The maximum atomic E-state index is 11.2. The summed E-state index contributed by atoms with van der Waals surface area (Å²) in [5.41, 5.74) is 2.22. The summed E-state index contributed by atoms with van der Waals surface area (Å²) in [6.45, 7) is 7.74. The average molecular weight is 208 g/mol. The molecule has 0 aromatic carbocycles. The molecule has 3 heteroatoms. The number of ether oxygens (including phenoxy) is 1. The highest BCUT2D eigenvalue weighted by Gasteiger charge is 2.31. The number of hydrogen-bond donors (Lipinski definition) is 0. The molecule has 0 amide bonds. The summed E-state index contributed by atoms with van der Waals surface area (Å²) in [4.78, 5) is 22.0. The van der Waals surface area contributed by atoms with Crippen LogP contribution in [0.15, 0.2) is 23.8 Å². The van der Waals surface area contributed by atoms with Gasteiger partial charge in [0.25, 0.3) is 0 Å². The van der Waals surface area contributed by atoms with E-state index in [-0.39, 0.29) is 12.3 Å². The van der Waals surface area contributed by atoms with Crippen molar-refractivity contribution < 1.29 is 14.3 Å². The minimum absolute atomic E-state index is 0.184. The zero-order valence-corrected chi connectivity index (χ0v) is 9.21. The van der Waals surface area contributed by atoms with Gasteiger partial charge >= 0.3 is 11.9 Å². The molecule has 1 rings (SSSR count). The predicted octanol–water partition coefficient (Wildman–Crippen LogP) is 2.38. The summed E-state index contributed by atoms with van der Waals surface area (Å²) >= 11 is 0. The molecule has 0 spiro atoms. The molecule has 0 aromatic heterocycles. The van der Waals surface area contributed by atoms with Gasteiger partial charge in [-0.05, 0) is 26.7 Å². The van der Waals surface area contributed by atoms with Crippen molar-refractivity contribution in [2.24, 2.45) is 5.92 Å². The number of rotatable bonds is 4. The SMILES string of the molecule is C=C(C)CCC(C)=CC1CC(=O)OC1=O. The molecule has 1 saturated heterocycles. The highest BCUT2D eigenvalue weighted by molar-refractivity contribution is 5.95. The smallest absolute Gasteiger partial charge is 0.321 e. The molecule has 15 heavy (non-hydrogen) atoms. The first-order chi connectivity index (χ1) is 6.99. The molecule has 1 atom stereocenters. The van der Waals surface area contributed by atoms with Gasteiger partial charge in [0, 0.05) is 0 Å². The van der Waals surface area contributed by atoms with Crippen LogP contribution in [0.2, 0.25) is 0 Å². The minimum atomic E-state index is -0.422. The summed E-state index contributed by atoms with van der Waals surface area (Å²) in [7, 11) is 0. The predicted molar refractivity (Wildman–Crippen MR) is 57.0 cm³/mol. The molecule has 1 heterocycles. The molecule has 0 saturated carbocycles. The Hall–Kier alpha value is -1.38. The molecule has 0 aliphatic carbocycles. The summed E-state index contributed by atoms with van der Waals surface area (Å²) < 4.78 is 4.46. The van der Waals surface area contributed by atoms with Gasteiger partial charge in [0.1, 0.15) is 0 Å². The van der Waals surface area contributed by atoms with Gasteiger partial charge in [-0.3, -0.25) is 9.59 Å². The van der Waals surface area contributed by atoms with Gasteiger partial charge in [0.2, 0.25) is 0 Å². The van der Waals surface area contributed by atoms with Crippen LogP contribution < -0.4 is 0 Å². The van der Waals surface area contributed by atoms with E-state index in [0.29, 0.717) is 0 Å². The van der Waals surface area contributed by atoms with Gasteiger partial charge in [0.05, 0.1) is 12.3 Å². The number of hydrogen-bond acceptors (Lipinski definition) is 3. The summed E-state index contributed by atoms with van der Waals surface area (Å²) in [5, 5.41) is 0. The van der Waals surface area contributed by atoms with E-state index in [2.05, 4.69) is 11.3 Å². The van der Waals surface area contributed by atoms with Crippen LogP contribution in [-0.4, -0.2) is 11.9 Å². The molecule has 82 valence electrons. The van der Waals surface area contributed by atoms with Crippen LogP contribution >= 0.6 is 0 Å². The largest absolute Gasteiger partial charge is 0.393 e. The lowest BCUT2D eigenvalue weighted by Gasteiger charge is -2.03. The van der Waals surface area contributed by atoms with Crippen molar-refractivity contribution in [1.29, 1.82) is 0 Å². The fourth-order valence-corrected chi connectivity index (χ4v) is 1.46. The fraction of sp³-hybridized carbons (Fsp3) is 0.500. The van der Waals surface area contributed by atoms with Crippen molar-refractivity contribution in [2.75, 3.05) is 0 Å². The molecular weight excluding hydrogens is 192 g/mol. The van der Waals surface area contributed by atoms with Crippen LogP contribution in [0.5, 0.6) is 0 Å². The Morgan fingerprint density at radius 2 is 2.13 bits per heavy atom. The van der Waals surface area contributed by atoms with Gasteiger partial charge < -0.3 is 4.74 Å². The van der Waals surface area contributed by atoms with E-state index in [4.69, 9.17) is 0 Å². The molecule has 0 radical (unpaired) electrons. The van der Waals surface area contributed by atoms with E-state index in [1.807, 2.05) is 19.9 Å². The first kappa shape index (κ1) is 11.7. The zero-order valence-electron chi connectivity index (χ0n) is 9.21. The van der Waals surface area contributed by atoms with E-state index < -0.39 is 11.9 Å². The molecule has 0 aromatic rings. The van der Waals surface area contributed by atoms with Gasteiger partial charge in [-0.2, -0.15) is 0 Å². The average Bonchev–Trinajstić information content (AvgIpc) is 2.42. The van der Waals surface area contributed by atoms with E-state index >= 15 is 0 Å². The topological polar surface area (TPSA) is 43.4 Å². The Bertz CT molecular complexity index is 326.